The Morgan fingerprint density at radius 2 is 1.91 bits per heavy atom. The highest BCUT2D eigenvalue weighted by atomic mass is 32.2. The minimum atomic E-state index is -4.73. The number of carbonyl (C=O) groups is 1. The van der Waals surface area contributed by atoms with Gasteiger partial charge in [-0.05, 0) is 36.2 Å². The smallest absolute Gasteiger partial charge is 0.452 e. The third-order valence-corrected chi connectivity index (χ3v) is 7.60. The molecule has 1 fully saturated rings. The molecule has 0 amide bonds. The summed E-state index contributed by atoms with van der Waals surface area (Å²) in [5.41, 5.74) is -2.67. The highest BCUT2D eigenvalue weighted by Gasteiger charge is 2.75. The van der Waals surface area contributed by atoms with Crippen molar-refractivity contribution in [3.63, 3.8) is 0 Å². The third-order valence-electron chi connectivity index (χ3n) is 5.57. The molecule has 2 heterocycles. The molecule has 0 saturated heterocycles. The Labute approximate surface area is 184 Å². The molecule has 1 aromatic carbocycles. The molecule has 13 heteroatoms. The van der Waals surface area contributed by atoms with E-state index in [9.17, 15) is 36.2 Å². The number of aliphatic carboxylic acids is 1. The first-order valence-electron chi connectivity index (χ1n) is 8.95. The Balaban J connectivity index is 1.74. The maximum Gasteiger partial charge on any atom is 0.452 e. The second-order valence-corrected chi connectivity index (χ2v) is 9.31. The summed E-state index contributed by atoms with van der Waals surface area (Å²) < 4.78 is 79.1. The van der Waals surface area contributed by atoms with E-state index in [0.717, 1.165) is 27.8 Å². The molecule has 32 heavy (non-hydrogen) atoms. The second kappa shape index (κ2) is 7.39. The van der Waals surface area contributed by atoms with Gasteiger partial charge in [0, 0.05) is 11.5 Å². The van der Waals surface area contributed by atoms with Gasteiger partial charge in [-0.15, -0.1) is 11.3 Å². The predicted molar refractivity (Wildman–Crippen MR) is 107 cm³/mol. The highest BCUT2D eigenvalue weighted by Crippen LogP contribution is 2.63. The van der Waals surface area contributed by atoms with Crippen LogP contribution >= 0.6 is 11.3 Å². The fourth-order valence-electron chi connectivity index (χ4n) is 3.82. The van der Waals surface area contributed by atoms with Crippen molar-refractivity contribution in [2.45, 2.75) is 30.5 Å². The number of benzene rings is 1. The van der Waals surface area contributed by atoms with Crippen LogP contribution in [0.25, 0.3) is 10.6 Å². The first-order chi connectivity index (χ1) is 14.9. The summed E-state index contributed by atoms with van der Waals surface area (Å²) in [6.07, 6.45) is -4.79. The fourth-order valence-corrected chi connectivity index (χ4v) is 5.88. The van der Waals surface area contributed by atoms with Crippen LogP contribution in [0.5, 0.6) is 0 Å². The molecule has 3 aromatic rings. The normalized spacial score (nSPS) is 23.7. The van der Waals surface area contributed by atoms with E-state index >= 15 is 0 Å². The maximum atomic E-state index is 13.3. The molecule has 0 spiro atoms. The average Bonchev–Trinajstić information content (AvgIpc) is 3.10. The van der Waals surface area contributed by atoms with Crippen molar-refractivity contribution in [2.75, 3.05) is 4.31 Å². The Hall–Kier alpha value is -2.77. The fraction of sp³-hybridized carbons (Fsp3) is 0.263. The minimum Gasteiger partial charge on any atom is -0.479 e. The predicted octanol–water partition coefficient (Wildman–Crippen LogP) is 4.69. The van der Waals surface area contributed by atoms with Crippen LogP contribution in [-0.2, 0) is 27.7 Å². The maximum absolute atomic E-state index is 13.3. The van der Waals surface area contributed by atoms with Gasteiger partial charge in [-0.25, -0.2) is 17.7 Å². The Bertz CT molecular complexity index is 1210. The number of thiophene rings is 1. The topological polar surface area (TPSA) is 104 Å². The van der Waals surface area contributed by atoms with E-state index < -0.39 is 45.9 Å². The number of rotatable bonds is 6. The van der Waals surface area contributed by atoms with Crippen LogP contribution in [0.2, 0.25) is 0 Å². The van der Waals surface area contributed by atoms with E-state index in [1.807, 2.05) is 0 Å². The first-order valence-corrected chi connectivity index (χ1v) is 10.8. The number of alkyl halides is 3. The summed E-state index contributed by atoms with van der Waals surface area (Å²) in [4.78, 5) is 12.5. The Kier molecular flexibility index (Phi) is 5.18. The zero-order chi connectivity index (χ0) is 23.5. The standard InChI is InChI=1S/C19H14F4N2O5S2/c1-17(10-2-4-11(20)5-3-10)9-18(17,16(26)27)25(32(28)29)15-7-6-13(31-15)12-8-14(30-24-12)19(21,22)23/h2-8H,9H2,1H3,(H,26,27)(H,28,29). The summed E-state index contributed by atoms with van der Waals surface area (Å²) in [6.45, 7) is 1.58. The largest absolute Gasteiger partial charge is 0.479 e. The van der Waals surface area contributed by atoms with E-state index in [4.69, 9.17) is 0 Å². The Morgan fingerprint density at radius 1 is 1.25 bits per heavy atom. The van der Waals surface area contributed by atoms with Crippen LogP contribution in [0.15, 0.2) is 47.0 Å². The molecule has 2 aromatic heterocycles. The molecule has 0 radical (unpaired) electrons. The van der Waals surface area contributed by atoms with Gasteiger partial charge in [-0.1, -0.05) is 24.2 Å². The van der Waals surface area contributed by atoms with Crippen LogP contribution in [0.1, 0.15) is 24.7 Å². The lowest BCUT2D eigenvalue weighted by molar-refractivity contribution is -0.155. The minimum absolute atomic E-state index is 0.0330. The van der Waals surface area contributed by atoms with Gasteiger partial charge in [0.1, 0.15) is 16.5 Å². The monoisotopic (exact) mass is 490 g/mol. The summed E-state index contributed by atoms with van der Waals surface area (Å²) in [5, 5.41) is 13.5. The third kappa shape index (κ3) is 3.40. The number of carboxylic acids is 1. The average molecular weight is 490 g/mol. The van der Waals surface area contributed by atoms with Gasteiger partial charge in [-0.3, -0.25) is 4.55 Å². The molecule has 3 unspecified atom stereocenters. The van der Waals surface area contributed by atoms with Crippen molar-refractivity contribution < 1.29 is 40.7 Å². The van der Waals surface area contributed by atoms with Crippen molar-refractivity contribution in [3.05, 3.63) is 59.6 Å². The molecular weight excluding hydrogens is 476 g/mol. The van der Waals surface area contributed by atoms with Gasteiger partial charge in [0.2, 0.25) is 5.76 Å². The lowest BCUT2D eigenvalue weighted by Gasteiger charge is -2.30. The van der Waals surface area contributed by atoms with Crippen LogP contribution < -0.4 is 4.31 Å². The molecule has 7 nitrogen and oxygen atoms in total. The van der Waals surface area contributed by atoms with Crippen LogP contribution in [0.4, 0.5) is 22.6 Å². The van der Waals surface area contributed by atoms with Crippen molar-refractivity contribution in [1.29, 1.82) is 0 Å². The molecule has 1 saturated carbocycles. The van der Waals surface area contributed by atoms with E-state index in [0.29, 0.717) is 11.6 Å². The second-order valence-electron chi connectivity index (χ2n) is 7.42. The summed E-state index contributed by atoms with van der Waals surface area (Å²) in [7, 11) is 0. The molecule has 4 rings (SSSR count). The highest BCUT2D eigenvalue weighted by molar-refractivity contribution is 7.81. The van der Waals surface area contributed by atoms with Gasteiger partial charge in [-0.2, -0.15) is 13.2 Å². The van der Waals surface area contributed by atoms with Gasteiger partial charge in [0.05, 0.1) is 4.88 Å². The van der Waals surface area contributed by atoms with E-state index in [2.05, 4.69) is 9.68 Å². The number of hydrogen-bond acceptors (Lipinski definition) is 5. The molecular formula is C19H14F4N2O5S2. The summed E-state index contributed by atoms with van der Waals surface area (Å²) in [5.74, 6) is -3.20. The molecule has 2 N–H and O–H groups in total. The molecule has 1 aliphatic rings. The summed E-state index contributed by atoms with van der Waals surface area (Å²) in [6, 6.07) is 8.51. The number of aromatic nitrogens is 1. The van der Waals surface area contributed by atoms with Crippen molar-refractivity contribution in [1.82, 2.24) is 5.16 Å². The molecule has 0 bridgehead atoms. The van der Waals surface area contributed by atoms with Gasteiger partial charge >= 0.3 is 12.1 Å². The first kappa shape index (κ1) is 22.4. The number of carboxylic acid groups (broad SMARTS) is 1. The molecule has 1 aliphatic carbocycles. The lowest BCUT2D eigenvalue weighted by atomic mass is 9.92. The van der Waals surface area contributed by atoms with Crippen molar-refractivity contribution >= 4 is 33.6 Å². The van der Waals surface area contributed by atoms with E-state index in [1.165, 1.54) is 24.3 Å². The summed E-state index contributed by atoms with van der Waals surface area (Å²) >= 11 is -2.00. The van der Waals surface area contributed by atoms with Crippen molar-refractivity contribution in [3.8, 4) is 10.6 Å². The molecule has 3 atom stereocenters. The van der Waals surface area contributed by atoms with Crippen LogP contribution in [0, 0.1) is 5.82 Å². The number of hydrogen-bond donors (Lipinski definition) is 2. The quantitative estimate of drug-likeness (QED) is 0.384. The number of nitrogens with zero attached hydrogens (tertiary/aromatic N) is 2. The van der Waals surface area contributed by atoms with E-state index in [-0.39, 0.29) is 22.0 Å². The van der Waals surface area contributed by atoms with Crippen molar-refractivity contribution in [2.24, 2.45) is 0 Å². The van der Waals surface area contributed by atoms with Gasteiger partial charge in [0.25, 0.3) is 11.3 Å². The number of halogens is 4. The zero-order valence-corrected chi connectivity index (χ0v) is 17.7. The van der Waals surface area contributed by atoms with Gasteiger partial charge in [0.15, 0.2) is 5.54 Å². The Morgan fingerprint density at radius 3 is 2.44 bits per heavy atom. The molecule has 170 valence electrons. The van der Waals surface area contributed by atoms with Gasteiger partial charge < -0.3 is 9.63 Å². The molecule has 0 aliphatic heterocycles. The van der Waals surface area contributed by atoms with E-state index in [1.54, 1.807) is 6.92 Å². The van der Waals surface area contributed by atoms with Crippen LogP contribution in [-0.4, -0.2) is 30.5 Å². The lowest BCUT2D eigenvalue weighted by Crippen LogP contribution is -2.49. The zero-order valence-electron chi connectivity index (χ0n) is 16.1. The number of anilines is 1. The van der Waals surface area contributed by atoms with Crippen LogP contribution in [0.3, 0.4) is 0 Å². The SMILES string of the molecule is CC1(c2ccc(F)cc2)CC1(C(=O)O)N(c1ccc(-c2cc(C(F)(F)F)on2)s1)S(=O)O.